The van der Waals surface area contributed by atoms with Crippen LogP contribution in [0.3, 0.4) is 0 Å². The van der Waals surface area contributed by atoms with Crippen LogP contribution in [-0.2, 0) is 6.54 Å². The molecule has 2 nitrogen and oxygen atoms in total. The van der Waals surface area contributed by atoms with E-state index in [9.17, 15) is 0 Å². The summed E-state index contributed by atoms with van der Waals surface area (Å²) in [7, 11) is 0. The molecule has 2 N–H and O–H groups in total. The fraction of sp³-hybridized carbons (Fsp3) is 0.538. The molecule has 90 valence electrons. The average Bonchev–Trinajstić information content (AvgIpc) is 2.29. The van der Waals surface area contributed by atoms with Gasteiger partial charge in [-0.1, -0.05) is 26.0 Å². The first kappa shape index (κ1) is 13.6. The molecule has 0 unspecified atom stereocenters. The van der Waals surface area contributed by atoms with Crippen molar-refractivity contribution in [2.45, 2.75) is 31.3 Å². The molecule has 0 atom stereocenters. The lowest BCUT2D eigenvalue weighted by atomic mass is 10.2. The monoisotopic (exact) mass is 238 g/mol. The predicted molar refractivity (Wildman–Crippen MR) is 73.1 cm³/mol. The molecular formula is C13H22N2S. The minimum Gasteiger partial charge on any atom is -0.313 e. The van der Waals surface area contributed by atoms with E-state index in [-0.39, 0.29) is 0 Å². The predicted octanol–water partition coefficient (Wildman–Crippen LogP) is 2.50. The number of rotatable bonds is 7. The van der Waals surface area contributed by atoms with Crippen molar-refractivity contribution in [2.24, 2.45) is 0 Å². The summed E-state index contributed by atoms with van der Waals surface area (Å²) >= 11 is 1.78. The minimum atomic E-state index is 0.572. The first-order valence-electron chi connectivity index (χ1n) is 5.79. The normalized spacial score (nSPS) is 11.0. The summed E-state index contributed by atoms with van der Waals surface area (Å²) in [5.41, 5.74) is 1.35. The van der Waals surface area contributed by atoms with Gasteiger partial charge in [-0.05, 0) is 24.0 Å². The van der Waals surface area contributed by atoms with E-state index in [4.69, 9.17) is 0 Å². The van der Waals surface area contributed by atoms with Crippen LogP contribution >= 0.6 is 11.8 Å². The second-order valence-corrected chi connectivity index (χ2v) is 5.01. The molecular weight excluding hydrogens is 216 g/mol. The molecule has 0 aliphatic heterocycles. The second-order valence-electron chi connectivity index (χ2n) is 4.13. The van der Waals surface area contributed by atoms with E-state index in [1.165, 1.54) is 10.5 Å². The summed E-state index contributed by atoms with van der Waals surface area (Å²) in [5, 5.41) is 6.81. The fourth-order valence-corrected chi connectivity index (χ4v) is 1.83. The number of nitrogens with one attached hydrogen (secondary N) is 2. The SMILES string of the molecule is CSc1ccc(CNCCNC(C)C)cc1. The van der Waals surface area contributed by atoms with Crippen LogP contribution in [0.2, 0.25) is 0 Å². The molecule has 1 aromatic rings. The Morgan fingerprint density at radius 1 is 1.12 bits per heavy atom. The molecule has 1 aromatic carbocycles. The zero-order chi connectivity index (χ0) is 11.8. The van der Waals surface area contributed by atoms with Gasteiger partial charge < -0.3 is 10.6 Å². The number of hydrogen-bond donors (Lipinski definition) is 2. The maximum atomic E-state index is 3.43. The van der Waals surface area contributed by atoms with E-state index in [0.29, 0.717) is 6.04 Å². The largest absolute Gasteiger partial charge is 0.313 e. The summed E-state index contributed by atoms with van der Waals surface area (Å²) in [6.07, 6.45) is 2.10. The van der Waals surface area contributed by atoms with Crippen molar-refractivity contribution in [1.82, 2.24) is 10.6 Å². The molecule has 0 aliphatic rings. The van der Waals surface area contributed by atoms with Crippen molar-refractivity contribution >= 4 is 11.8 Å². The first-order chi connectivity index (χ1) is 7.72. The molecule has 16 heavy (non-hydrogen) atoms. The van der Waals surface area contributed by atoms with Gasteiger partial charge in [-0.3, -0.25) is 0 Å². The van der Waals surface area contributed by atoms with Gasteiger partial charge in [0.05, 0.1) is 0 Å². The zero-order valence-corrected chi connectivity index (χ0v) is 11.2. The van der Waals surface area contributed by atoms with E-state index >= 15 is 0 Å². The molecule has 0 radical (unpaired) electrons. The van der Waals surface area contributed by atoms with Crippen LogP contribution in [0.1, 0.15) is 19.4 Å². The summed E-state index contributed by atoms with van der Waals surface area (Å²) < 4.78 is 0. The Morgan fingerprint density at radius 3 is 2.38 bits per heavy atom. The van der Waals surface area contributed by atoms with Gasteiger partial charge in [0.25, 0.3) is 0 Å². The molecule has 1 rings (SSSR count). The lowest BCUT2D eigenvalue weighted by Crippen LogP contribution is -2.31. The third kappa shape index (κ3) is 5.54. The van der Waals surface area contributed by atoms with Crippen molar-refractivity contribution in [3.8, 4) is 0 Å². The molecule has 0 aromatic heterocycles. The quantitative estimate of drug-likeness (QED) is 0.564. The van der Waals surface area contributed by atoms with Crippen LogP contribution in [-0.4, -0.2) is 25.4 Å². The van der Waals surface area contributed by atoms with Gasteiger partial charge in [0.15, 0.2) is 0 Å². The standard InChI is InChI=1S/C13H22N2S/c1-11(2)15-9-8-14-10-12-4-6-13(16-3)7-5-12/h4-7,11,14-15H,8-10H2,1-3H3. The minimum absolute atomic E-state index is 0.572. The zero-order valence-electron chi connectivity index (χ0n) is 10.4. The van der Waals surface area contributed by atoms with Gasteiger partial charge in [0, 0.05) is 30.6 Å². The highest BCUT2D eigenvalue weighted by molar-refractivity contribution is 7.98. The third-order valence-corrected chi connectivity index (χ3v) is 3.09. The molecule has 0 fully saturated rings. The van der Waals surface area contributed by atoms with Gasteiger partial charge in [-0.25, -0.2) is 0 Å². The lowest BCUT2D eigenvalue weighted by Gasteiger charge is -2.09. The summed E-state index contributed by atoms with van der Waals surface area (Å²) in [4.78, 5) is 1.32. The van der Waals surface area contributed by atoms with E-state index < -0.39 is 0 Å². The molecule has 0 saturated carbocycles. The Morgan fingerprint density at radius 2 is 1.81 bits per heavy atom. The summed E-state index contributed by atoms with van der Waals surface area (Å²) in [6.45, 7) is 7.33. The maximum absolute atomic E-state index is 3.43. The summed E-state index contributed by atoms with van der Waals surface area (Å²) in [5.74, 6) is 0. The molecule has 0 saturated heterocycles. The molecule has 0 amide bonds. The average molecular weight is 238 g/mol. The fourth-order valence-electron chi connectivity index (χ4n) is 1.43. The van der Waals surface area contributed by atoms with Crippen LogP contribution in [0.5, 0.6) is 0 Å². The Bertz CT molecular complexity index is 282. The van der Waals surface area contributed by atoms with Gasteiger partial charge in [0.1, 0.15) is 0 Å². The first-order valence-corrected chi connectivity index (χ1v) is 7.02. The van der Waals surface area contributed by atoms with Crippen molar-refractivity contribution in [3.63, 3.8) is 0 Å². The lowest BCUT2D eigenvalue weighted by molar-refractivity contribution is 0.555. The third-order valence-electron chi connectivity index (χ3n) is 2.34. The Kier molecular flexibility index (Phi) is 6.53. The molecule has 0 aliphatic carbocycles. The van der Waals surface area contributed by atoms with E-state index in [1.807, 2.05) is 0 Å². The van der Waals surface area contributed by atoms with E-state index in [2.05, 4.69) is 55.0 Å². The van der Waals surface area contributed by atoms with Crippen molar-refractivity contribution in [3.05, 3.63) is 29.8 Å². The molecule has 3 heteroatoms. The smallest absolute Gasteiger partial charge is 0.0206 e. The molecule has 0 heterocycles. The highest BCUT2D eigenvalue weighted by atomic mass is 32.2. The van der Waals surface area contributed by atoms with E-state index in [1.54, 1.807) is 11.8 Å². The van der Waals surface area contributed by atoms with Gasteiger partial charge in [-0.15, -0.1) is 11.8 Å². The van der Waals surface area contributed by atoms with Crippen LogP contribution < -0.4 is 10.6 Å². The van der Waals surface area contributed by atoms with Crippen LogP contribution in [0.4, 0.5) is 0 Å². The van der Waals surface area contributed by atoms with Crippen LogP contribution in [0, 0.1) is 0 Å². The van der Waals surface area contributed by atoms with Crippen molar-refractivity contribution in [2.75, 3.05) is 19.3 Å². The van der Waals surface area contributed by atoms with Crippen molar-refractivity contribution < 1.29 is 0 Å². The topological polar surface area (TPSA) is 24.1 Å². The molecule has 0 spiro atoms. The number of hydrogen-bond acceptors (Lipinski definition) is 3. The van der Waals surface area contributed by atoms with Crippen LogP contribution in [0.25, 0.3) is 0 Å². The van der Waals surface area contributed by atoms with Crippen LogP contribution in [0.15, 0.2) is 29.2 Å². The number of thioether (sulfide) groups is 1. The Balaban J connectivity index is 2.16. The van der Waals surface area contributed by atoms with Gasteiger partial charge in [0.2, 0.25) is 0 Å². The highest BCUT2D eigenvalue weighted by Crippen LogP contribution is 2.14. The number of benzene rings is 1. The second kappa shape index (κ2) is 7.71. The highest BCUT2D eigenvalue weighted by Gasteiger charge is 1.94. The molecule has 0 bridgehead atoms. The Labute approximate surface area is 103 Å². The summed E-state index contributed by atoms with van der Waals surface area (Å²) in [6, 6.07) is 9.30. The Hall–Kier alpha value is -0.510. The van der Waals surface area contributed by atoms with Crippen molar-refractivity contribution in [1.29, 1.82) is 0 Å². The van der Waals surface area contributed by atoms with E-state index in [0.717, 1.165) is 19.6 Å². The van der Waals surface area contributed by atoms with Gasteiger partial charge >= 0.3 is 0 Å². The van der Waals surface area contributed by atoms with Gasteiger partial charge in [-0.2, -0.15) is 0 Å². The maximum Gasteiger partial charge on any atom is 0.0206 e.